The molecule has 0 aromatic heterocycles. The second kappa shape index (κ2) is 15.2. The lowest BCUT2D eigenvalue weighted by molar-refractivity contribution is -0.142. The van der Waals surface area contributed by atoms with Gasteiger partial charge in [0, 0.05) is 26.3 Å². The van der Waals surface area contributed by atoms with E-state index in [0.29, 0.717) is 18.0 Å². The molecule has 0 aliphatic carbocycles. The third kappa shape index (κ3) is 13.8. The van der Waals surface area contributed by atoms with Crippen molar-refractivity contribution in [3.8, 4) is 5.75 Å². The van der Waals surface area contributed by atoms with Gasteiger partial charge in [0.1, 0.15) is 17.8 Å². The molecule has 13 heteroatoms. The van der Waals surface area contributed by atoms with Crippen LogP contribution in [0.2, 0.25) is 0 Å². The number of phosphoric ester groups is 1. The maximum atomic E-state index is 12.8. The highest BCUT2D eigenvalue weighted by Crippen LogP contribution is 2.37. The van der Waals surface area contributed by atoms with Crippen LogP contribution in [0.3, 0.4) is 0 Å². The fraction of sp³-hybridized carbons (Fsp3) is 0.565. The van der Waals surface area contributed by atoms with E-state index < -0.39 is 37.7 Å². The number of amides is 3. The smallest absolute Gasteiger partial charge is 0.480 e. The Morgan fingerprint density at radius 3 is 2.14 bits per heavy atom. The molecule has 1 rings (SSSR count). The molecule has 0 aliphatic heterocycles. The van der Waals surface area contributed by atoms with Crippen LogP contribution in [0.25, 0.3) is 0 Å². The summed E-state index contributed by atoms with van der Waals surface area (Å²) >= 11 is 0. The molecule has 3 amide bonds. The van der Waals surface area contributed by atoms with E-state index in [1.807, 2.05) is 0 Å². The van der Waals surface area contributed by atoms with Gasteiger partial charge in [-0.2, -0.15) is 0 Å². The number of nitrogens with one attached hydrogen (secondary N) is 3. The Hall–Kier alpha value is -2.95. The average molecular weight is 530 g/mol. The van der Waals surface area contributed by atoms with Crippen LogP contribution >= 0.6 is 7.82 Å². The zero-order valence-electron chi connectivity index (χ0n) is 20.7. The van der Waals surface area contributed by atoms with Crippen LogP contribution in [-0.4, -0.2) is 57.2 Å². The van der Waals surface area contributed by atoms with Crippen molar-refractivity contribution in [3.63, 3.8) is 0 Å². The first-order valence-corrected chi connectivity index (χ1v) is 13.2. The number of hydrogen-bond donors (Lipinski definition) is 6. The lowest BCUT2D eigenvalue weighted by Gasteiger charge is -2.21. The molecule has 0 radical (unpaired) electrons. The van der Waals surface area contributed by atoms with Crippen molar-refractivity contribution < 1.29 is 43.2 Å². The number of hydrogen-bond acceptors (Lipinski definition) is 6. The molecule has 202 valence electrons. The second-order valence-corrected chi connectivity index (χ2v) is 10.0. The zero-order valence-corrected chi connectivity index (χ0v) is 21.6. The number of carboxylic acids is 1. The molecule has 0 aliphatic rings. The number of phosphoric acid groups is 1. The Labute approximate surface area is 210 Å². The SMILES string of the molecule is CC(=O)NC(Cc1ccc(OP(=O)(O)O)cc1)C(=O)NC(CCC(=O)NCCCCC(C)C)C(=O)O. The van der Waals surface area contributed by atoms with Crippen LogP contribution in [0.4, 0.5) is 0 Å². The quantitative estimate of drug-likeness (QED) is 0.136. The lowest BCUT2D eigenvalue weighted by Crippen LogP contribution is -2.52. The summed E-state index contributed by atoms with van der Waals surface area (Å²) in [6.45, 7) is 5.95. The molecular weight excluding hydrogens is 493 g/mol. The Balaban J connectivity index is 2.69. The minimum Gasteiger partial charge on any atom is -0.480 e. The summed E-state index contributed by atoms with van der Waals surface area (Å²) in [6, 6.07) is 3.03. The molecule has 0 bridgehead atoms. The fourth-order valence-corrected chi connectivity index (χ4v) is 3.71. The highest BCUT2D eigenvalue weighted by molar-refractivity contribution is 7.46. The summed E-state index contributed by atoms with van der Waals surface area (Å²) < 4.78 is 15.4. The van der Waals surface area contributed by atoms with E-state index >= 15 is 0 Å². The van der Waals surface area contributed by atoms with Gasteiger partial charge < -0.3 is 25.6 Å². The highest BCUT2D eigenvalue weighted by atomic mass is 31.2. The number of carbonyl (C=O) groups excluding carboxylic acids is 3. The Morgan fingerprint density at radius 2 is 1.61 bits per heavy atom. The van der Waals surface area contributed by atoms with Gasteiger partial charge in [-0.1, -0.05) is 38.8 Å². The third-order valence-corrected chi connectivity index (χ3v) is 5.54. The minimum absolute atomic E-state index is 0.0230. The van der Waals surface area contributed by atoms with Crippen molar-refractivity contribution >= 4 is 31.5 Å². The topological polar surface area (TPSA) is 191 Å². The van der Waals surface area contributed by atoms with Crippen LogP contribution in [0.15, 0.2) is 24.3 Å². The maximum Gasteiger partial charge on any atom is 0.524 e. The van der Waals surface area contributed by atoms with Gasteiger partial charge in [0.05, 0.1) is 0 Å². The van der Waals surface area contributed by atoms with Crippen LogP contribution in [0.1, 0.15) is 58.4 Å². The largest absolute Gasteiger partial charge is 0.524 e. The highest BCUT2D eigenvalue weighted by Gasteiger charge is 2.27. The number of aliphatic carboxylic acids is 1. The number of carboxylic acid groups (broad SMARTS) is 1. The number of benzene rings is 1. The average Bonchev–Trinajstić information content (AvgIpc) is 2.75. The van der Waals surface area contributed by atoms with Crippen LogP contribution in [0.5, 0.6) is 5.75 Å². The van der Waals surface area contributed by atoms with Gasteiger partial charge in [0.2, 0.25) is 17.7 Å². The molecule has 0 heterocycles. The standard InChI is InChI=1S/C23H36N3O9P/c1-15(2)6-4-5-13-24-21(28)12-11-19(23(30)31)26-22(29)20(25-16(3)27)14-17-7-9-18(10-8-17)35-36(32,33)34/h7-10,15,19-20H,4-6,11-14H2,1-3H3,(H,24,28)(H,25,27)(H,26,29)(H,30,31)(H2,32,33,34). The van der Waals surface area contributed by atoms with Crippen molar-refractivity contribution in [2.45, 2.75) is 71.4 Å². The molecule has 2 atom stereocenters. The van der Waals surface area contributed by atoms with E-state index in [0.717, 1.165) is 19.3 Å². The van der Waals surface area contributed by atoms with Gasteiger partial charge in [-0.3, -0.25) is 24.2 Å². The fourth-order valence-electron chi connectivity index (χ4n) is 3.31. The number of rotatable bonds is 16. The van der Waals surface area contributed by atoms with Crippen LogP contribution in [0, 0.1) is 5.92 Å². The van der Waals surface area contributed by atoms with Crippen LogP contribution < -0.4 is 20.5 Å². The molecule has 1 aromatic rings. The van der Waals surface area contributed by atoms with Crippen molar-refractivity contribution in [1.82, 2.24) is 16.0 Å². The van der Waals surface area contributed by atoms with E-state index in [1.54, 1.807) is 0 Å². The molecule has 0 fully saturated rings. The molecule has 36 heavy (non-hydrogen) atoms. The molecule has 0 saturated carbocycles. The van der Waals surface area contributed by atoms with Gasteiger partial charge >= 0.3 is 13.8 Å². The second-order valence-electron chi connectivity index (χ2n) is 8.86. The molecule has 0 spiro atoms. The normalized spacial score (nSPS) is 12.9. The summed E-state index contributed by atoms with van der Waals surface area (Å²) in [4.78, 5) is 65.8. The molecular formula is C23H36N3O9P. The van der Waals surface area contributed by atoms with Gasteiger partial charge in [-0.15, -0.1) is 0 Å². The van der Waals surface area contributed by atoms with Crippen molar-refractivity contribution in [1.29, 1.82) is 0 Å². The molecule has 12 nitrogen and oxygen atoms in total. The summed E-state index contributed by atoms with van der Waals surface area (Å²) in [5.74, 6) is -2.38. The van der Waals surface area contributed by atoms with Gasteiger partial charge in [-0.25, -0.2) is 9.36 Å². The lowest BCUT2D eigenvalue weighted by atomic mass is 10.0. The summed E-state index contributed by atoms with van der Waals surface area (Å²) in [5.41, 5.74) is 0.519. The van der Waals surface area contributed by atoms with Crippen LogP contribution in [-0.2, 0) is 30.2 Å². The molecule has 1 aromatic carbocycles. The van der Waals surface area contributed by atoms with E-state index in [9.17, 15) is 28.8 Å². The van der Waals surface area contributed by atoms with E-state index in [2.05, 4.69) is 34.3 Å². The Morgan fingerprint density at radius 1 is 0.972 bits per heavy atom. The van der Waals surface area contributed by atoms with E-state index in [4.69, 9.17) is 9.79 Å². The predicted molar refractivity (Wildman–Crippen MR) is 131 cm³/mol. The first-order chi connectivity index (χ1) is 16.8. The molecule has 0 saturated heterocycles. The van der Waals surface area contributed by atoms with E-state index in [-0.39, 0.29) is 30.9 Å². The predicted octanol–water partition coefficient (Wildman–Crippen LogP) is 1.50. The Kier molecular flexibility index (Phi) is 13.1. The third-order valence-electron chi connectivity index (χ3n) is 5.09. The number of carbonyl (C=O) groups is 4. The molecule has 6 N–H and O–H groups in total. The van der Waals surface area contributed by atoms with Crippen molar-refractivity contribution in [3.05, 3.63) is 29.8 Å². The summed E-state index contributed by atoms with van der Waals surface area (Å²) in [7, 11) is -4.72. The summed E-state index contributed by atoms with van der Waals surface area (Å²) in [5, 5.41) is 17.1. The van der Waals surface area contributed by atoms with Crippen molar-refractivity contribution in [2.75, 3.05) is 6.54 Å². The first-order valence-electron chi connectivity index (χ1n) is 11.7. The molecule has 2 unspecified atom stereocenters. The number of unbranched alkanes of at least 4 members (excludes halogenated alkanes) is 1. The summed E-state index contributed by atoms with van der Waals surface area (Å²) in [6.07, 6.45) is 2.63. The van der Waals surface area contributed by atoms with E-state index in [1.165, 1.54) is 31.2 Å². The maximum absolute atomic E-state index is 12.8. The van der Waals surface area contributed by atoms with Crippen molar-refractivity contribution in [2.24, 2.45) is 5.92 Å². The Bertz CT molecular complexity index is 931. The van der Waals surface area contributed by atoms with Gasteiger partial charge in [0.25, 0.3) is 0 Å². The minimum atomic E-state index is -4.72. The first kappa shape index (κ1) is 31.1. The zero-order chi connectivity index (χ0) is 27.3. The van der Waals surface area contributed by atoms with Gasteiger partial charge in [0.15, 0.2) is 0 Å². The monoisotopic (exact) mass is 529 g/mol. The van der Waals surface area contributed by atoms with Gasteiger partial charge in [-0.05, 0) is 36.5 Å².